The van der Waals surface area contributed by atoms with Gasteiger partial charge in [-0.05, 0) is 66.9 Å². The van der Waals surface area contributed by atoms with Crippen LogP contribution in [0.4, 0.5) is 11.4 Å². The number of sulfonamides is 1. The first-order valence-electron chi connectivity index (χ1n) is 12.0. The summed E-state index contributed by atoms with van der Waals surface area (Å²) in [5.74, 6) is 1.18. The standard InChI is InChI=1S/C27H30ClN3O4S/c1-29(2)22-7-3-20(4-8-22)18-30-15-13-23(14-16-30)31(24-9-12-26-27(17-24)35-19-34-26)36(32,33)25-10-5-21(28)6-11-25/h3-12,17,23H,13-16,18-19H2,1-2H3. The minimum absolute atomic E-state index is 0.136. The van der Waals surface area contributed by atoms with Crippen LogP contribution in [-0.2, 0) is 16.6 Å². The fraction of sp³-hybridized carbons (Fsp3) is 0.333. The first-order valence-corrected chi connectivity index (χ1v) is 13.8. The number of rotatable bonds is 7. The van der Waals surface area contributed by atoms with E-state index < -0.39 is 10.0 Å². The van der Waals surface area contributed by atoms with Crippen molar-refractivity contribution in [3.05, 3.63) is 77.3 Å². The number of piperidine rings is 1. The Hall–Kier alpha value is -2.94. The number of nitrogens with zero attached hydrogens (tertiary/aromatic N) is 3. The van der Waals surface area contributed by atoms with Crippen molar-refractivity contribution in [1.29, 1.82) is 0 Å². The fourth-order valence-electron chi connectivity index (χ4n) is 4.76. The number of benzene rings is 3. The Morgan fingerprint density at radius 3 is 2.19 bits per heavy atom. The van der Waals surface area contributed by atoms with Crippen LogP contribution >= 0.6 is 11.6 Å². The summed E-state index contributed by atoms with van der Waals surface area (Å²) in [6.07, 6.45) is 1.44. The van der Waals surface area contributed by atoms with Crippen molar-refractivity contribution in [3.63, 3.8) is 0 Å². The molecule has 0 aliphatic carbocycles. The monoisotopic (exact) mass is 527 g/mol. The molecule has 1 saturated heterocycles. The first-order chi connectivity index (χ1) is 17.3. The van der Waals surface area contributed by atoms with Gasteiger partial charge in [0.25, 0.3) is 10.0 Å². The second kappa shape index (κ2) is 10.2. The van der Waals surface area contributed by atoms with Gasteiger partial charge in [0.15, 0.2) is 11.5 Å². The van der Waals surface area contributed by atoms with Gasteiger partial charge in [-0.25, -0.2) is 8.42 Å². The average Bonchev–Trinajstić information content (AvgIpc) is 3.34. The van der Waals surface area contributed by atoms with Crippen LogP contribution in [0, 0.1) is 0 Å². The average molecular weight is 528 g/mol. The zero-order valence-corrected chi connectivity index (χ0v) is 22.0. The first kappa shape index (κ1) is 24.7. The molecular weight excluding hydrogens is 498 g/mol. The number of anilines is 2. The SMILES string of the molecule is CN(C)c1ccc(CN2CCC(N(c3ccc4c(c3)OCO4)S(=O)(=O)c3ccc(Cl)cc3)CC2)cc1. The van der Waals surface area contributed by atoms with E-state index in [2.05, 4.69) is 34.1 Å². The molecule has 0 atom stereocenters. The van der Waals surface area contributed by atoms with Crippen molar-refractivity contribution >= 4 is 33.0 Å². The Morgan fingerprint density at radius 2 is 1.53 bits per heavy atom. The topological polar surface area (TPSA) is 62.3 Å². The van der Waals surface area contributed by atoms with Crippen LogP contribution in [0.2, 0.25) is 5.02 Å². The van der Waals surface area contributed by atoms with E-state index in [0.29, 0.717) is 22.2 Å². The maximum atomic E-state index is 13.9. The molecule has 3 aromatic rings. The molecule has 0 aromatic heterocycles. The van der Waals surface area contributed by atoms with Crippen molar-refractivity contribution in [2.45, 2.75) is 30.3 Å². The maximum absolute atomic E-state index is 13.9. The molecule has 0 unspecified atom stereocenters. The Bertz CT molecular complexity index is 1310. The predicted molar refractivity (Wildman–Crippen MR) is 143 cm³/mol. The van der Waals surface area contributed by atoms with Gasteiger partial charge in [-0.2, -0.15) is 0 Å². The summed E-state index contributed by atoms with van der Waals surface area (Å²) in [6, 6.07) is 20.0. The van der Waals surface area contributed by atoms with Crippen LogP contribution in [0.25, 0.3) is 0 Å². The van der Waals surface area contributed by atoms with E-state index in [0.717, 1.165) is 32.5 Å². The van der Waals surface area contributed by atoms with Crippen molar-refractivity contribution in [3.8, 4) is 11.5 Å². The number of ether oxygens (including phenoxy) is 2. The number of likely N-dealkylation sites (tertiary alicyclic amines) is 1. The summed E-state index contributed by atoms with van der Waals surface area (Å²) in [4.78, 5) is 4.68. The summed E-state index contributed by atoms with van der Waals surface area (Å²) >= 11 is 6.03. The fourth-order valence-corrected chi connectivity index (χ4v) is 6.59. The van der Waals surface area contributed by atoms with E-state index in [1.807, 2.05) is 14.1 Å². The highest BCUT2D eigenvalue weighted by Gasteiger charge is 2.35. The van der Waals surface area contributed by atoms with Gasteiger partial charge in [0.05, 0.1) is 10.6 Å². The molecule has 0 saturated carbocycles. The van der Waals surface area contributed by atoms with E-state index in [1.165, 1.54) is 11.3 Å². The van der Waals surface area contributed by atoms with Gasteiger partial charge in [0.1, 0.15) is 0 Å². The molecule has 7 nitrogen and oxygen atoms in total. The molecule has 9 heteroatoms. The van der Waals surface area contributed by atoms with E-state index in [9.17, 15) is 8.42 Å². The molecule has 190 valence electrons. The van der Waals surface area contributed by atoms with Gasteiger partial charge < -0.3 is 14.4 Å². The lowest BCUT2D eigenvalue weighted by molar-refractivity contribution is 0.174. The van der Waals surface area contributed by atoms with Crippen molar-refractivity contribution in [1.82, 2.24) is 4.90 Å². The van der Waals surface area contributed by atoms with E-state index in [-0.39, 0.29) is 17.7 Å². The van der Waals surface area contributed by atoms with Crippen molar-refractivity contribution in [2.24, 2.45) is 0 Å². The smallest absolute Gasteiger partial charge is 0.264 e. The molecule has 0 spiro atoms. The van der Waals surface area contributed by atoms with Gasteiger partial charge in [0, 0.05) is 56.5 Å². The molecule has 36 heavy (non-hydrogen) atoms. The lowest BCUT2D eigenvalue weighted by atomic mass is 10.0. The number of hydrogen-bond acceptors (Lipinski definition) is 6. The normalized spacial score (nSPS) is 16.2. The maximum Gasteiger partial charge on any atom is 0.264 e. The number of halogens is 1. The molecule has 2 aliphatic heterocycles. The minimum atomic E-state index is -3.82. The molecule has 2 aliphatic rings. The van der Waals surface area contributed by atoms with Crippen LogP contribution in [0.5, 0.6) is 11.5 Å². The summed E-state index contributed by atoms with van der Waals surface area (Å²) in [5.41, 5.74) is 3.00. The largest absolute Gasteiger partial charge is 0.454 e. The number of fused-ring (bicyclic) bond motifs is 1. The second-order valence-corrected chi connectivity index (χ2v) is 11.6. The molecule has 3 aromatic carbocycles. The highest BCUT2D eigenvalue weighted by molar-refractivity contribution is 7.92. The molecule has 0 N–H and O–H groups in total. The number of hydrogen-bond donors (Lipinski definition) is 0. The molecule has 0 amide bonds. The van der Waals surface area contributed by atoms with Gasteiger partial charge in [-0.3, -0.25) is 9.21 Å². The molecular formula is C27H30ClN3O4S. The molecule has 0 radical (unpaired) electrons. The molecule has 2 heterocycles. The van der Waals surface area contributed by atoms with Gasteiger partial charge in [-0.15, -0.1) is 0 Å². The lowest BCUT2D eigenvalue weighted by Crippen LogP contribution is -2.47. The third-order valence-electron chi connectivity index (χ3n) is 6.73. The van der Waals surface area contributed by atoms with Crippen molar-refractivity contribution < 1.29 is 17.9 Å². The molecule has 0 bridgehead atoms. The highest BCUT2D eigenvalue weighted by atomic mass is 35.5. The molecule has 5 rings (SSSR count). The van der Waals surface area contributed by atoms with Crippen LogP contribution in [-0.4, -0.2) is 53.3 Å². The van der Waals surface area contributed by atoms with Gasteiger partial charge >= 0.3 is 0 Å². The van der Waals surface area contributed by atoms with Crippen LogP contribution in [0.15, 0.2) is 71.6 Å². The summed E-state index contributed by atoms with van der Waals surface area (Å²) in [7, 11) is 0.241. The third kappa shape index (κ3) is 5.12. The zero-order chi connectivity index (χ0) is 25.3. The van der Waals surface area contributed by atoms with Gasteiger partial charge in [0.2, 0.25) is 6.79 Å². The lowest BCUT2D eigenvalue weighted by Gasteiger charge is -2.39. The summed E-state index contributed by atoms with van der Waals surface area (Å²) in [6.45, 7) is 2.58. The van der Waals surface area contributed by atoms with E-state index in [4.69, 9.17) is 21.1 Å². The Morgan fingerprint density at radius 1 is 0.889 bits per heavy atom. The van der Waals surface area contributed by atoms with E-state index >= 15 is 0 Å². The quantitative estimate of drug-likeness (QED) is 0.431. The van der Waals surface area contributed by atoms with Crippen LogP contribution < -0.4 is 18.7 Å². The summed E-state index contributed by atoms with van der Waals surface area (Å²) < 4.78 is 40.3. The van der Waals surface area contributed by atoms with Gasteiger partial charge in [-0.1, -0.05) is 23.7 Å². The van der Waals surface area contributed by atoms with Crippen LogP contribution in [0.1, 0.15) is 18.4 Å². The van der Waals surface area contributed by atoms with Crippen molar-refractivity contribution in [2.75, 3.05) is 43.2 Å². The Kier molecular flexibility index (Phi) is 7.01. The minimum Gasteiger partial charge on any atom is -0.454 e. The summed E-state index contributed by atoms with van der Waals surface area (Å²) in [5, 5.41) is 0.496. The third-order valence-corrected chi connectivity index (χ3v) is 8.88. The van der Waals surface area contributed by atoms with Crippen LogP contribution in [0.3, 0.4) is 0 Å². The highest BCUT2D eigenvalue weighted by Crippen LogP contribution is 2.39. The second-order valence-electron chi connectivity index (χ2n) is 9.36. The zero-order valence-electron chi connectivity index (χ0n) is 20.4. The predicted octanol–water partition coefficient (Wildman–Crippen LogP) is 4.99. The Balaban J connectivity index is 1.37. The molecule has 1 fully saturated rings. The van der Waals surface area contributed by atoms with E-state index in [1.54, 1.807) is 46.8 Å². The Labute approximate surface area is 217 Å².